The summed E-state index contributed by atoms with van der Waals surface area (Å²) >= 11 is 1.51. The number of hydrogen-bond donors (Lipinski definition) is 3. The second kappa shape index (κ2) is 15.1. The van der Waals surface area contributed by atoms with Crippen molar-refractivity contribution in [2.24, 2.45) is 5.92 Å². The second-order valence-electron chi connectivity index (χ2n) is 16.1. The van der Waals surface area contributed by atoms with Crippen LogP contribution < -0.4 is 24.8 Å². The van der Waals surface area contributed by atoms with Gasteiger partial charge < -0.3 is 25.0 Å². The van der Waals surface area contributed by atoms with Crippen LogP contribution in [0.25, 0.3) is 21.6 Å². The number of nitrogens with zero attached hydrogens (tertiary/aromatic N) is 3. The molecule has 3 N–H and O–H groups in total. The Morgan fingerprint density at radius 3 is 2.60 bits per heavy atom. The highest BCUT2D eigenvalue weighted by Crippen LogP contribution is 2.48. The Labute approximate surface area is 327 Å². The molecule has 13 nitrogen and oxygen atoms in total. The third kappa shape index (κ3) is 7.59. The van der Waals surface area contributed by atoms with Gasteiger partial charge in [0.2, 0.25) is 21.8 Å². The number of carbonyl (C=O) groups excluding carboxylic acids is 3. The fourth-order valence-electron chi connectivity index (χ4n) is 7.74. The number of carbonyl (C=O) groups is 3. The van der Waals surface area contributed by atoms with Crippen molar-refractivity contribution in [1.29, 1.82) is 0 Å². The van der Waals surface area contributed by atoms with E-state index in [1.165, 1.54) is 11.3 Å². The molecule has 2 aromatic heterocycles. The highest BCUT2D eigenvalue weighted by atomic mass is 32.2. The fraction of sp³-hybridized carbons (Fsp3) is 0.575. The zero-order valence-corrected chi connectivity index (χ0v) is 34.1. The Bertz CT molecular complexity index is 2130. The van der Waals surface area contributed by atoms with E-state index in [9.17, 15) is 22.8 Å². The van der Waals surface area contributed by atoms with E-state index in [-0.39, 0.29) is 37.1 Å². The first kappa shape index (κ1) is 39.2. The first-order valence-electron chi connectivity index (χ1n) is 19.3. The standard InChI is InChI=1S/C40H52N6O7S2/c1-23(2)30-22-54-36(43-30)29-19-33(27-14-15-32(52-6)24(3)34(27)42-29)53-26-18-31-35(47)44-40(38(49)45-55(50,51)39(4)16-17-39)20-25(40)12-10-8-7-9-11-13-28(41-5)37(48)46(31)21-26/h10,12,14-15,19,22-23,25-26,28,31,41H,7-9,11,13,16-18,20-21H2,1-6H3,(H,44,47)(H,45,49)/b12-10-/t25-,26?,28+,31+,40-/m1/s1. The Morgan fingerprint density at radius 1 is 1.13 bits per heavy atom. The quantitative estimate of drug-likeness (QED) is 0.247. The van der Waals surface area contributed by atoms with Crippen LogP contribution in [-0.4, -0.2) is 90.2 Å². The molecule has 2 aliphatic carbocycles. The van der Waals surface area contributed by atoms with Gasteiger partial charge in [0.15, 0.2) is 0 Å². The van der Waals surface area contributed by atoms with Gasteiger partial charge in [-0.1, -0.05) is 38.8 Å². The van der Waals surface area contributed by atoms with E-state index in [0.29, 0.717) is 42.0 Å². The molecule has 0 bridgehead atoms. The maximum atomic E-state index is 14.5. The summed E-state index contributed by atoms with van der Waals surface area (Å²) in [7, 11) is -0.583. The van der Waals surface area contributed by atoms with Crippen LogP contribution in [0.2, 0.25) is 0 Å². The van der Waals surface area contributed by atoms with Gasteiger partial charge >= 0.3 is 0 Å². The lowest BCUT2D eigenvalue weighted by Crippen LogP contribution is -2.58. The first-order valence-corrected chi connectivity index (χ1v) is 21.7. The van der Waals surface area contributed by atoms with Crippen molar-refractivity contribution >= 4 is 50.0 Å². The van der Waals surface area contributed by atoms with Gasteiger partial charge in [-0.25, -0.2) is 18.4 Å². The average Bonchev–Trinajstić information content (AvgIpc) is 3.92. The van der Waals surface area contributed by atoms with Crippen molar-refractivity contribution in [3.63, 3.8) is 0 Å². The molecule has 3 fully saturated rings. The number of pyridine rings is 1. The monoisotopic (exact) mass is 792 g/mol. The number of likely N-dealkylation sites (N-methyl/N-ethyl adjacent to an activating group) is 1. The van der Waals surface area contributed by atoms with E-state index >= 15 is 0 Å². The highest BCUT2D eigenvalue weighted by molar-refractivity contribution is 7.91. The van der Waals surface area contributed by atoms with Crippen molar-refractivity contribution in [1.82, 2.24) is 30.2 Å². The lowest BCUT2D eigenvalue weighted by molar-refractivity contribution is -0.141. The smallest absolute Gasteiger partial charge is 0.259 e. The normalized spacial score (nSPS) is 27.4. The van der Waals surface area contributed by atoms with Crippen LogP contribution in [0, 0.1) is 12.8 Å². The maximum absolute atomic E-state index is 14.5. The van der Waals surface area contributed by atoms with E-state index in [0.717, 1.165) is 47.3 Å². The molecular weight excluding hydrogens is 741 g/mol. The number of allylic oxidation sites excluding steroid dienone is 1. The Morgan fingerprint density at radius 2 is 1.91 bits per heavy atom. The van der Waals surface area contributed by atoms with Gasteiger partial charge in [-0.3, -0.25) is 19.1 Å². The predicted molar refractivity (Wildman–Crippen MR) is 212 cm³/mol. The Hall–Kier alpha value is -4.08. The number of hydrogen-bond acceptors (Lipinski definition) is 11. The van der Waals surface area contributed by atoms with Crippen molar-refractivity contribution in [3.8, 4) is 22.2 Å². The first-order chi connectivity index (χ1) is 26.2. The van der Waals surface area contributed by atoms with Crippen molar-refractivity contribution < 1.29 is 32.3 Å². The van der Waals surface area contributed by atoms with E-state index in [2.05, 4.69) is 29.2 Å². The number of methoxy groups -OCH3 is 1. The predicted octanol–water partition coefficient (Wildman–Crippen LogP) is 5.13. The molecule has 1 aromatic carbocycles. The second-order valence-corrected chi connectivity index (χ2v) is 19.1. The fourth-order valence-corrected chi connectivity index (χ4v) is 9.99. The third-order valence-electron chi connectivity index (χ3n) is 11.8. The van der Waals surface area contributed by atoms with E-state index < -0.39 is 50.3 Å². The molecule has 3 amide bonds. The molecule has 15 heteroatoms. The number of sulfonamides is 1. The van der Waals surface area contributed by atoms with Crippen LogP contribution in [-0.2, 0) is 24.4 Å². The summed E-state index contributed by atoms with van der Waals surface area (Å²) in [4.78, 5) is 54.0. The molecule has 1 saturated heterocycles. The van der Waals surface area contributed by atoms with Gasteiger partial charge in [-0.2, -0.15) is 0 Å². The number of fused-ring (bicyclic) bond motifs is 3. The molecule has 296 valence electrons. The summed E-state index contributed by atoms with van der Waals surface area (Å²) in [5, 5.41) is 9.67. The molecule has 3 aromatic rings. The topological polar surface area (TPSA) is 169 Å². The van der Waals surface area contributed by atoms with Gasteiger partial charge in [0.05, 0.1) is 35.7 Å². The molecular formula is C40H52N6O7S2. The lowest BCUT2D eigenvalue weighted by Gasteiger charge is -2.29. The zero-order valence-electron chi connectivity index (χ0n) is 32.4. The maximum Gasteiger partial charge on any atom is 0.259 e. The number of aryl methyl sites for hydroxylation is 1. The number of thiazole rings is 1. The van der Waals surface area contributed by atoms with E-state index in [1.807, 2.05) is 42.7 Å². The minimum absolute atomic E-state index is 0.132. The van der Waals surface area contributed by atoms with Gasteiger partial charge in [-0.05, 0) is 77.5 Å². The summed E-state index contributed by atoms with van der Waals surface area (Å²) in [6.45, 7) is 7.88. The molecule has 0 radical (unpaired) electrons. The number of ether oxygens (including phenoxy) is 2. The molecule has 0 spiro atoms. The molecule has 5 atom stereocenters. The lowest BCUT2D eigenvalue weighted by atomic mass is 10.1. The van der Waals surface area contributed by atoms with Crippen molar-refractivity contribution in [2.45, 2.75) is 120 Å². The molecule has 1 unspecified atom stereocenters. The van der Waals surface area contributed by atoms with Crippen LogP contribution in [0.15, 0.2) is 35.7 Å². The largest absolute Gasteiger partial charge is 0.496 e. The number of nitrogens with one attached hydrogen (secondary N) is 3. The van der Waals surface area contributed by atoms with E-state index in [1.54, 1.807) is 26.0 Å². The molecule has 2 saturated carbocycles. The molecule has 55 heavy (non-hydrogen) atoms. The summed E-state index contributed by atoms with van der Waals surface area (Å²) in [6.07, 6.45) is 8.72. The van der Waals surface area contributed by atoms with Crippen LogP contribution in [0.5, 0.6) is 11.5 Å². The number of amides is 3. The van der Waals surface area contributed by atoms with Crippen LogP contribution in [0.4, 0.5) is 0 Å². The SMILES string of the molecule is CN[C@H]1CCCCC/C=C\[C@@H]2C[C@@]2(C(=O)NS(=O)(=O)C2(C)CC2)NC(=O)[C@@H]2CC(Oc3cc(-c4nc(C(C)C)cs4)nc4c(C)c(OC)ccc34)CN2C1=O. The van der Waals surface area contributed by atoms with Gasteiger partial charge in [-0.15, -0.1) is 11.3 Å². The molecule has 4 heterocycles. The Kier molecular flexibility index (Phi) is 10.8. The van der Waals surface area contributed by atoms with Crippen LogP contribution in [0.3, 0.4) is 0 Å². The number of benzene rings is 1. The minimum atomic E-state index is -3.95. The van der Waals surface area contributed by atoms with E-state index in [4.69, 9.17) is 19.4 Å². The zero-order chi connectivity index (χ0) is 39.3. The van der Waals surface area contributed by atoms with Gasteiger partial charge in [0.25, 0.3) is 5.91 Å². The van der Waals surface area contributed by atoms with Gasteiger partial charge in [0, 0.05) is 34.7 Å². The number of aromatic nitrogens is 2. The summed E-state index contributed by atoms with van der Waals surface area (Å²) in [5.74, 6) is -0.390. The molecule has 7 rings (SSSR count). The summed E-state index contributed by atoms with van der Waals surface area (Å²) in [5.41, 5.74) is 1.70. The third-order valence-corrected chi connectivity index (χ3v) is 14.9. The minimum Gasteiger partial charge on any atom is -0.496 e. The Balaban J connectivity index is 1.22. The molecule has 2 aliphatic heterocycles. The average molecular weight is 793 g/mol. The van der Waals surface area contributed by atoms with Crippen LogP contribution >= 0.6 is 11.3 Å². The van der Waals surface area contributed by atoms with Crippen LogP contribution in [0.1, 0.15) is 95.7 Å². The van der Waals surface area contributed by atoms with Gasteiger partial charge in [0.1, 0.15) is 39.9 Å². The van der Waals surface area contributed by atoms with Crippen molar-refractivity contribution in [2.75, 3.05) is 20.7 Å². The summed E-state index contributed by atoms with van der Waals surface area (Å²) in [6, 6.07) is 4.15. The summed E-state index contributed by atoms with van der Waals surface area (Å²) < 4.78 is 40.1. The molecule has 4 aliphatic rings. The van der Waals surface area contributed by atoms with Crippen molar-refractivity contribution in [3.05, 3.63) is 47.0 Å². The number of rotatable bonds is 9. The highest BCUT2D eigenvalue weighted by Gasteiger charge is 2.63.